The molecule has 0 saturated carbocycles. The molecular formula is C7HCl3F4O2S. The fourth-order valence-corrected chi connectivity index (χ4v) is 2.50. The minimum atomic E-state index is -5.22. The summed E-state index contributed by atoms with van der Waals surface area (Å²) in [5, 5.41) is 0. The van der Waals surface area contributed by atoms with E-state index in [9.17, 15) is 26.0 Å². The van der Waals surface area contributed by atoms with Gasteiger partial charge < -0.3 is 0 Å². The van der Waals surface area contributed by atoms with Crippen LogP contribution in [0.5, 0.6) is 0 Å². The third-order valence-electron chi connectivity index (χ3n) is 1.64. The molecule has 0 radical (unpaired) electrons. The van der Waals surface area contributed by atoms with Gasteiger partial charge in [-0.15, -0.1) is 0 Å². The quantitative estimate of drug-likeness (QED) is 0.449. The van der Waals surface area contributed by atoms with Crippen molar-refractivity contribution in [3.63, 3.8) is 0 Å². The summed E-state index contributed by atoms with van der Waals surface area (Å²) in [4.78, 5) is -1.96. The summed E-state index contributed by atoms with van der Waals surface area (Å²) in [6.07, 6.45) is 0. The van der Waals surface area contributed by atoms with Gasteiger partial charge in [0, 0.05) is 6.07 Å². The highest BCUT2D eigenvalue weighted by molar-refractivity contribution is 7.97. The van der Waals surface area contributed by atoms with E-state index >= 15 is 0 Å². The van der Waals surface area contributed by atoms with Crippen molar-refractivity contribution in [2.45, 2.75) is 8.02 Å². The average molecular weight is 332 g/mol. The van der Waals surface area contributed by atoms with E-state index in [2.05, 4.69) is 0 Å². The van der Waals surface area contributed by atoms with Gasteiger partial charge in [0.25, 0.3) is 3.12 Å². The molecule has 1 aromatic rings. The van der Waals surface area contributed by atoms with Gasteiger partial charge in [-0.1, -0.05) is 34.8 Å². The van der Waals surface area contributed by atoms with Gasteiger partial charge in [0.15, 0.2) is 23.3 Å². The molecule has 17 heavy (non-hydrogen) atoms. The first-order valence-corrected chi connectivity index (χ1v) is 6.26. The van der Waals surface area contributed by atoms with E-state index in [-0.39, 0.29) is 6.07 Å². The fraction of sp³-hybridized carbons (Fsp3) is 0.143. The van der Waals surface area contributed by atoms with Crippen molar-refractivity contribution >= 4 is 44.6 Å². The van der Waals surface area contributed by atoms with Crippen LogP contribution in [-0.2, 0) is 9.84 Å². The van der Waals surface area contributed by atoms with Gasteiger partial charge in [-0.25, -0.2) is 26.0 Å². The van der Waals surface area contributed by atoms with Crippen molar-refractivity contribution in [1.82, 2.24) is 0 Å². The van der Waals surface area contributed by atoms with E-state index in [0.717, 1.165) is 0 Å². The highest BCUT2D eigenvalue weighted by Crippen LogP contribution is 2.40. The monoisotopic (exact) mass is 330 g/mol. The molecule has 10 heteroatoms. The Morgan fingerprint density at radius 3 is 1.59 bits per heavy atom. The molecule has 0 unspecified atom stereocenters. The van der Waals surface area contributed by atoms with Crippen molar-refractivity contribution in [2.24, 2.45) is 0 Å². The zero-order valence-electron chi connectivity index (χ0n) is 7.45. The molecule has 0 bridgehead atoms. The van der Waals surface area contributed by atoms with E-state index < -0.39 is 41.1 Å². The molecule has 1 rings (SSSR count). The summed E-state index contributed by atoms with van der Waals surface area (Å²) < 4.78 is 71.4. The number of rotatable bonds is 1. The number of hydrogen-bond acceptors (Lipinski definition) is 2. The van der Waals surface area contributed by atoms with Crippen LogP contribution in [0.25, 0.3) is 0 Å². The van der Waals surface area contributed by atoms with Crippen molar-refractivity contribution < 1.29 is 26.0 Å². The smallest absolute Gasteiger partial charge is 0.219 e. The summed E-state index contributed by atoms with van der Waals surface area (Å²) in [5.74, 6) is -8.15. The van der Waals surface area contributed by atoms with Crippen LogP contribution in [0.4, 0.5) is 17.6 Å². The second kappa shape index (κ2) is 4.46. The first-order chi connectivity index (χ1) is 7.50. The van der Waals surface area contributed by atoms with Crippen LogP contribution in [0.1, 0.15) is 0 Å². The second-order valence-electron chi connectivity index (χ2n) is 2.75. The van der Waals surface area contributed by atoms with Crippen LogP contribution in [0, 0.1) is 23.3 Å². The largest absolute Gasteiger partial charge is 0.297 e. The molecule has 0 aliphatic rings. The molecule has 2 nitrogen and oxygen atoms in total. The molecule has 0 aromatic heterocycles. The highest BCUT2D eigenvalue weighted by atomic mass is 35.6. The van der Waals surface area contributed by atoms with Gasteiger partial charge >= 0.3 is 0 Å². The Morgan fingerprint density at radius 1 is 0.941 bits per heavy atom. The molecule has 0 spiro atoms. The van der Waals surface area contributed by atoms with Crippen LogP contribution in [0.3, 0.4) is 0 Å². The zero-order chi connectivity index (χ0) is 13.6. The lowest BCUT2D eigenvalue weighted by Gasteiger charge is -2.14. The van der Waals surface area contributed by atoms with Gasteiger partial charge in [-0.05, 0) is 0 Å². The van der Waals surface area contributed by atoms with Crippen LogP contribution in [0.2, 0.25) is 0 Å². The maximum atomic E-state index is 13.1. The van der Waals surface area contributed by atoms with Gasteiger partial charge in [0.05, 0.1) is 0 Å². The number of benzene rings is 1. The number of halogens is 7. The lowest BCUT2D eigenvalue weighted by atomic mass is 10.3. The summed E-state index contributed by atoms with van der Waals surface area (Å²) >= 11 is 14.9. The molecule has 0 heterocycles. The van der Waals surface area contributed by atoms with Crippen molar-refractivity contribution in [3.05, 3.63) is 29.3 Å². The fourth-order valence-electron chi connectivity index (χ4n) is 0.903. The van der Waals surface area contributed by atoms with Gasteiger partial charge in [-0.3, -0.25) is 0 Å². The Balaban J connectivity index is 3.76. The van der Waals surface area contributed by atoms with Crippen LogP contribution < -0.4 is 0 Å². The maximum Gasteiger partial charge on any atom is 0.297 e. The molecule has 0 atom stereocenters. The molecule has 0 amide bonds. The number of sulfone groups is 1. The third-order valence-corrected chi connectivity index (χ3v) is 4.98. The molecular weight excluding hydrogens is 330 g/mol. The molecule has 1 aromatic carbocycles. The minimum Gasteiger partial charge on any atom is -0.219 e. The van der Waals surface area contributed by atoms with Crippen LogP contribution >= 0.6 is 34.8 Å². The van der Waals surface area contributed by atoms with Crippen molar-refractivity contribution in [2.75, 3.05) is 0 Å². The second-order valence-corrected chi connectivity index (χ2v) is 7.73. The predicted molar refractivity (Wildman–Crippen MR) is 53.7 cm³/mol. The van der Waals surface area contributed by atoms with E-state index in [4.69, 9.17) is 34.8 Å². The van der Waals surface area contributed by atoms with Gasteiger partial charge in [0.1, 0.15) is 4.90 Å². The predicted octanol–water partition coefficient (Wildman–Crippen LogP) is 3.34. The van der Waals surface area contributed by atoms with Crippen LogP contribution in [0.15, 0.2) is 11.0 Å². The lowest BCUT2D eigenvalue weighted by Crippen LogP contribution is -2.23. The lowest BCUT2D eigenvalue weighted by molar-refractivity contribution is 0.419. The topological polar surface area (TPSA) is 34.1 Å². The van der Waals surface area contributed by atoms with Gasteiger partial charge in [0.2, 0.25) is 9.84 Å². The molecule has 0 N–H and O–H groups in total. The average Bonchev–Trinajstić information content (AvgIpc) is 2.13. The number of hydrogen-bond donors (Lipinski definition) is 0. The highest BCUT2D eigenvalue weighted by Gasteiger charge is 2.44. The molecule has 0 aliphatic heterocycles. The zero-order valence-corrected chi connectivity index (χ0v) is 10.5. The van der Waals surface area contributed by atoms with Crippen molar-refractivity contribution in [3.8, 4) is 0 Å². The minimum absolute atomic E-state index is 0.165. The van der Waals surface area contributed by atoms with E-state index in [1.54, 1.807) is 0 Å². The first-order valence-electron chi connectivity index (χ1n) is 3.64. The Kier molecular flexibility index (Phi) is 3.88. The summed E-state index contributed by atoms with van der Waals surface area (Å²) in [6, 6.07) is -0.165. The first kappa shape index (κ1) is 14.8. The molecule has 0 aliphatic carbocycles. The SMILES string of the molecule is O=S(=O)(c1c(F)c(F)cc(F)c1F)C(Cl)(Cl)Cl. The van der Waals surface area contributed by atoms with E-state index in [0.29, 0.717) is 0 Å². The van der Waals surface area contributed by atoms with E-state index in [1.807, 2.05) is 0 Å². The summed E-state index contributed by atoms with van der Waals surface area (Å²) in [6.45, 7) is 0. The Bertz CT molecular complexity index is 541. The Morgan fingerprint density at radius 2 is 1.29 bits per heavy atom. The van der Waals surface area contributed by atoms with Gasteiger partial charge in [-0.2, -0.15) is 0 Å². The van der Waals surface area contributed by atoms with Crippen LogP contribution in [-0.4, -0.2) is 11.5 Å². The van der Waals surface area contributed by atoms with E-state index in [1.165, 1.54) is 0 Å². The standard InChI is InChI=1S/C7HCl3F4O2S/c8-7(9,10)17(15,16)6-4(13)2(11)1-3(12)5(6)14/h1H. The molecule has 0 saturated heterocycles. The molecule has 96 valence electrons. The normalized spacial score (nSPS) is 12.9. The number of alkyl halides is 3. The Hall–Kier alpha value is -0.240. The third kappa shape index (κ3) is 2.47. The summed E-state index contributed by atoms with van der Waals surface area (Å²) in [5.41, 5.74) is 0. The maximum absolute atomic E-state index is 13.1. The summed E-state index contributed by atoms with van der Waals surface area (Å²) in [7, 11) is -5.22. The Labute approximate surface area is 108 Å². The van der Waals surface area contributed by atoms with Crippen molar-refractivity contribution in [1.29, 1.82) is 0 Å². The molecule has 0 fully saturated rings.